The molecule has 2 rings (SSSR count). The monoisotopic (exact) mass is 294 g/mol. The van der Waals surface area contributed by atoms with E-state index in [1.807, 2.05) is 0 Å². The maximum atomic E-state index is 12.0. The molecule has 0 saturated carbocycles. The molecule has 0 radical (unpaired) electrons. The van der Waals surface area contributed by atoms with Gasteiger partial charge in [0.15, 0.2) is 0 Å². The number of amides is 1. The molecular formula is C16H26N2O3. The summed E-state index contributed by atoms with van der Waals surface area (Å²) in [6.45, 7) is 4.02. The second-order valence-electron chi connectivity index (χ2n) is 5.76. The smallest absolute Gasteiger partial charge is 0.325 e. The maximum absolute atomic E-state index is 12.0. The molecule has 0 unspecified atom stereocenters. The fourth-order valence-electron chi connectivity index (χ4n) is 3.11. The molecular weight excluding hydrogens is 268 g/mol. The third-order valence-corrected chi connectivity index (χ3v) is 4.31. The molecule has 1 fully saturated rings. The number of nitrogens with zero attached hydrogens (tertiary/aromatic N) is 1. The number of hydrogen-bond acceptors (Lipinski definition) is 4. The molecule has 1 aliphatic heterocycles. The zero-order valence-electron chi connectivity index (χ0n) is 12.8. The van der Waals surface area contributed by atoms with Gasteiger partial charge >= 0.3 is 5.97 Å². The number of carbonyl (C=O) groups is 2. The lowest BCUT2D eigenvalue weighted by Crippen LogP contribution is -2.45. The summed E-state index contributed by atoms with van der Waals surface area (Å²) >= 11 is 0. The Kier molecular flexibility index (Phi) is 6.23. The van der Waals surface area contributed by atoms with Gasteiger partial charge in [0.05, 0.1) is 6.61 Å². The Labute approximate surface area is 126 Å². The predicted octanol–water partition coefficient (Wildman–Crippen LogP) is 1.49. The Morgan fingerprint density at radius 2 is 2.05 bits per heavy atom. The zero-order chi connectivity index (χ0) is 15.1. The fourth-order valence-corrected chi connectivity index (χ4v) is 3.11. The van der Waals surface area contributed by atoms with Crippen LogP contribution in [0, 0.1) is 5.92 Å². The van der Waals surface area contributed by atoms with Gasteiger partial charge in [0.25, 0.3) is 0 Å². The molecule has 0 aromatic carbocycles. The van der Waals surface area contributed by atoms with E-state index >= 15 is 0 Å². The van der Waals surface area contributed by atoms with Gasteiger partial charge in [-0.15, -0.1) is 0 Å². The van der Waals surface area contributed by atoms with E-state index in [0.717, 1.165) is 25.9 Å². The standard InChI is InChI=1S/C16H26N2O3/c1-2-21-15(19)12-17-16(20)13-8-10-18(11-9-13)14-6-4-3-5-7-14/h4,6,13-14H,2-3,5,7-12H2,1H3,(H,17,20)/t14-/m0/s1. The number of ether oxygens (including phenoxy) is 1. The molecule has 1 heterocycles. The zero-order valence-corrected chi connectivity index (χ0v) is 12.8. The quantitative estimate of drug-likeness (QED) is 0.616. The summed E-state index contributed by atoms with van der Waals surface area (Å²) < 4.78 is 4.81. The van der Waals surface area contributed by atoms with Gasteiger partial charge in [-0.1, -0.05) is 12.2 Å². The minimum atomic E-state index is -0.365. The van der Waals surface area contributed by atoms with E-state index in [2.05, 4.69) is 22.4 Å². The van der Waals surface area contributed by atoms with Crippen LogP contribution in [0.1, 0.15) is 39.0 Å². The van der Waals surface area contributed by atoms with E-state index in [9.17, 15) is 9.59 Å². The van der Waals surface area contributed by atoms with Crippen LogP contribution in [0.5, 0.6) is 0 Å². The molecule has 0 spiro atoms. The largest absolute Gasteiger partial charge is 0.465 e. The van der Waals surface area contributed by atoms with Gasteiger partial charge in [0, 0.05) is 12.0 Å². The number of rotatable bonds is 5. The van der Waals surface area contributed by atoms with E-state index in [0.29, 0.717) is 12.6 Å². The summed E-state index contributed by atoms with van der Waals surface area (Å²) in [7, 11) is 0. The Hall–Kier alpha value is -1.36. The Bertz CT molecular complexity index is 387. The number of nitrogens with one attached hydrogen (secondary N) is 1. The summed E-state index contributed by atoms with van der Waals surface area (Å²) in [5.74, 6) is -0.347. The summed E-state index contributed by atoms with van der Waals surface area (Å²) in [5, 5.41) is 2.69. The number of carbonyl (C=O) groups excluding carboxylic acids is 2. The van der Waals surface area contributed by atoms with E-state index in [-0.39, 0.29) is 24.3 Å². The fraction of sp³-hybridized carbons (Fsp3) is 0.750. The van der Waals surface area contributed by atoms with E-state index in [4.69, 9.17) is 4.74 Å². The molecule has 1 N–H and O–H groups in total. The molecule has 118 valence electrons. The number of hydrogen-bond donors (Lipinski definition) is 1. The van der Waals surface area contributed by atoms with Gasteiger partial charge in [-0.2, -0.15) is 0 Å². The van der Waals surface area contributed by atoms with E-state index in [1.54, 1.807) is 6.92 Å². The van der Waals surface area contributed by atoms with Crippen molar-refractivity contribution in [3.05, 3.63) is 12.2 Å². The number of likely N-dealkylation sites (tertiary alicyclic amines) is 1. The number of allylic oxidation sites excluding steroid dienone is 1. The molecule has 5 nitrogen and oxygen atoms in total. The molecule has 2 aliphatic rings. The van der Waals surface area contributed by atoms with Crippen LogP contribution >= 0.6 is 0 Å². The Balaban J connectivity index is 1.70. The summed E-state index contributed by atoms with van der Waals surface area (Å²) in [5.41, 5.74) is 0. The van der Waals surface area contributed by atoms with Crippen LogP contribution in [-0.2, 0) is 14.3 Å². The van der Waals surface area contributed by atoms with Gasteiger partial charge in [0.1, 0.15) is 6.54 Å². The van der Waals surface area contributed by atoms with Crippen molar-refractivity contribution in [2.45, 2.75) is 45.1 Å². The second kappa shape index (κ2) is 8.17. The van der Waals surface area contributed by atoms with Crippen LogP contribution in [0.15, 0.2) is 12.2 Å². The van der Waals surface area contributed by atoms with E-state index in [1.165, 1.54) is 19.3 Å². The van der Waals surface area contributed by atoms with Crippen molar-refractivity contribution in [3.63, 3.8) is 0 Å². The summed E-state index contributed by atoms with van der Waals surface area (Å²) in [6.07, 6.45) is 10.0. The van der Waals surface area contributed by atoms with Crippen LogP contribution in [0.4, 0.5) is 0 Å². The molecule has 0 bridgehead atoms. The van der Waals surface area contributed by atoms with Crippen molar-refractivity contribution >= 4 is 11.9 Å². The van der Waals surface area contributed by atoms with Gasteiger partial charge in [-0.25, -0.2) is 0 Å². The Morgan fingerprint density at radius 3 is 2.67 bits per heavy atom. The lowest BCUT2D eigenvalue weighted by Gasteiger charge is -2.36. The first-order valence-corrected chi connectivity index (χ1v) is 8.04. The molecule has 0 aromatic rings. The molecule has 0 aromatic heterocycles. The van der Waals surface area contributed by atoms with Crippen LogP contribution in [0.2, 0.25) is 0 Å². The molecule has 21 heavy (non-hydrogen) atoms. The summed E-state index contributed by atoms with van der Waals surface area (Å²) in [4.78, 5) is 25.8. The van der Waals surface area contributed by atoms with Crippen molar-refractivity contribution in [1.29, 1.82) is 0 Å². The van der Waals surface area contributed by atoms with E-state index < -0.39 is 0 Å². The second-order valence-corrected chi connectivity index (χ2v) is 5.76. The highest BCUT2D eigenvalue weighted by Crippen LogP contribution is 2.23. The van der Waals surface area contributed by atoms with Crippen molar-refractivity contribution in [2.24, 2.45) is 5.92 Å². The highest BCUT2D eigenvalue weighted by molar-refractivity contribution is 5.83. The van der Waals surface area contributed by atoms with Gasteiger partial charge < -0.3 is 10.1 Å². The molecule has 1 amide bonds. The number of esters is 1. The highest BCUT2D eigenvalue weighted by Gasteiger charge is 2.28. The highest BCUT2D eigenvalue weighted by atomic mass is 16.5. The Morgan fingerprint density at radius 1 is 1.29 bits per heavy atom. The van der Waals surface area contributed by atoms with Gasteiger partial charge in [-0.3, -0.25) is 14.5 Å². The van der Waals surface area contributed by atoms with Crippen LogP contribution in [0.3, 0.4) is 0 Å². The molecule has 5 heteroatoms. The molecule has 1 aliphatic carbocycles. The van der Waals surface area contributed by atoms with Crippen molar-refractivity contribution in [2.75, 3.05) is 26.2 Å². The predicted molar refractivity (Wildman–Crippen MR) is 80.7 cm³/mol. The van der Waals surface area contributed by atoms with Crippen LogP contribution in [0.25, 0.3) is 0 Å². The number of piperidine rings is 1. The van der Waals surface area contributed by atoms with Crippen LogP contribution in [-0.4, -0.2) is 49.1 Å². The molecule has 1 atom stereocenters. The minimum Gasteiger partial charge on any atom is -0.465 e. The SMILES string of the molecule is CCOC(=O)CNC(=O)C1CCN([C@H]2C=CCCC2)CC1. The third-order valence-electron chi connectivity index (χ3n) is 4.31. The normalized spacial score (nSPS) is 23.8. The first-order chi connectivity index (χ1) is 10.2. The average Bonchev–Trinajstić information content (AvgIpc) is 2.54. The average molecular weight is 294 g/mol. The van der Waals surface area contributed by atoms with Crippen molar-refractivity contribution in [3.8, 4) is 0 Å². The van der Waals surface area contributed by atoms with Gasteiger partial charge in [-0.05, 0) is 52.1 Å². The topological polar surface area (TPSA) is 58.6 Å². The van der Waals surface area contributed by atoms with Crippen LogP contribution < -0.4 is 5.32 Å². The summed E-state index contributed by atoms with van der Waals surface area (Å²) in [6, 6.07) is 0.558. The third kappa shape index (κ3) is 4.84. The lowest BCUT2D eigenvalue weighted by atomic mass is 9.92. The van der Waals surface area contributed by atoms with Crippen molar-refractivity contribution < 1.29 is 14.3 Å². The lowest BCUT2D eigenvalue weighted by molar-refractivity contribution is -0.144. The van der Waals surface area contributed by atoms with Gasteiger partial charge in [0.2, 0.25) is 5.91 Å². The first kappa shape index (κ1) is 16.0. The maximum Gasteiger partial charge on any atom is 0.325 e. The first-order valence-electron chi connectivity index (χ1n) is 8.04. The molecule has 1 saturated heterocycles. The van der Waals surface area contributed by atoms with Crippen molar-refractivity contribution in [1.82, 2.24) is 10.2 Å². The minimum absolute atomic E-state index is 0.0121.